The Balaban J connectivity index is 1.80. The number of nitrogens with zero attached hydrogens (tertiary/aromatic N) is 2. The van der Waals surface area contributed by atoms with Crippen molar-refractivity contribution in [3.63, 3.8) is 0 Å². The lowest BCUT2D eigenvalue weighted by molar-refractivity contribution is -0.121. The van der Waals surface area contributed by atoms with Crippen LogP contribution < -0.4 is 10.6 Å². The van der Waals surface area contributed by atoms with E-state index in [0.29, 0.717) is 25.3 Å². The van der Waals surface area contributed by atoms with Gasteiger partial charge in [0.15, 0.2) is 0 Å². The van der Waals surface area contributed by atoms with Gasteiger partial charge in [0.2, 0.25) is 5.91 Å². The van der Waals surface area contributed by atoms with Gasteiger partial charge in [0.1, 0.15) is 18.2 Å². The number of aromatic nitrogens is 1. The molecule has 31 heavy (non-hydrogen) atoms. The summed E-state index contributed by atoms with van der Waals surface area (Å²) in [5, 5.41) is 16.0. The highest BCUT2D eigenvalue weighted by atomic mass is 16.5. The summed E-state index contributed by atoms with van der Waals surface area (Å²) in [4.78, 5) is 24.8. The Labute approximate surface area is 180 Å². The van der Waals surface area contributed by atoms with Gasteiger partial charge < -0.3 is 19.9 Å². The Kier molecular flexibility index (Phi) is 7.57. The lowest BCUT2D eigenvalue weighted by Gasteiger charge is -2.06. The maximum absolute atomic E-state index is 12.5. The summed E-state index contributed by atoms with van der Waals surface area (Å²) in [7, 11) is 1.58. The quantitative estimate of drug-likeness (QED) is 0.318. The summed E-state index contributed by atoms with van der Waals surface area (Å²) >= 11 is 0. The molecule has 0 radical (unpaired) electrons. The van der Waals surface area contributed by atoms with E-state index in [4.69, 9.17) is 4.74 Å². The number of benzene rings is 2. The van der Waals surface area contributed by atoms with Gasteiger partial charge in [0.05, 0.1) is 6.61 Å². The van der Waals surface area contributed by atoms with Crippen molar-refractivity contribution in [2.45, 2.75) is 13.1 Å². The van der Waals surface area contributed by atoms with Gasteiger partial charge in [-0.05, 0) is 17.7 Å². The molecule has 2 N–H and O–H groups in total. The van der Waals surface area contributed by atoms with E-state index in [-0.39, 0.29) is 18.0 Å². The number of ether oxygens (including phenoxy) is 1. The van der Waals surface area contributed by atoms with Gasteiger partial charge in [-0.2, -0.15) is 5.26 Å². The third kappa shape index (κ3) is 5.81. The number of methoxy groups -OCH3 is 1. The Bertz CT molecular complexity index is 1130. The highest BCUT2D eigenvalue weighted by Crippen LogP contribution is 2.23. The molecule has 0 aliphatic rings. The molecule has 3 rings (SSSR count). The number of carbonyl (C=O) groups excluding carboxylic acids is 2. The summed E-state index contributed by atoms with van der Waals surface area (Å²) in [5.41, 5.74) is 2.50. The van der Waals surface area contributed by atoms with Gasteiger partial charge in [0, 0.05) is 42.9 Å². The van der Waals surface area contributed by atoms with Crippen molar-refractivity contribution in [2.24, 2.45) is 0 Å². The SMILES string of the molecule is COCCNC(=O)Cn1cc(C=C(C#N)C(=O)NCc2ccccc2)c2ccccc21. The van der Waals surface area contributed by atoms with Crippen molar-refractivity contribution >= 4 is 28.8 Å². The molecule has 1 heterocycles. The molecule has 0 aliphatic carbocycles. The van der Waals surface area contributed by atoms with Crippen LogP contribution in [-0.2, 0) is 27.4 Å². The van der Waals surface area contributed by atoms with E-state index in [1.165, 1.54) is 0 Å². The van der Waals surface area contributed by atoms with Crippen molar-refractivity contribution in [1.82, 2.24) is 15.2 Å². The maximum atomic E-state index is 12.5. The van der Waals surface area contributed by atoms with E-state index in [9.17, 15) is 14.9 Å². The van der Waals surface area contributed by atoms with Crippen LogP contribution in [0.2, 0.25) is 0 Å². The van der Waals surface area contributed by atoms with E-state index >= 15 is 0 Å². The number of rotatable bonds is 9. The van der Waals surface area contributed by atoms with Crippen LogP contribution in [0.3, 0.4) is 0 Å². The molecule has 0 saturated carbocycles. The monoisotopic (exact) mass is 416 g/mol. The Morgan fingerprint density at radius 3 is 2.58 bits per heavy atom. The first-order valence-electron chi connectivity index (χ1n) is 9.90. The number of carbonyl (C=O) groups is 2. The number of nitriles is 1. The largest absolute Gasteiger partial charge is 0.383 e. The van der Waals surface area contributed by atoms with Crippen LogP contribution in [0.25, 0.3) is 17.0 Å². The molecule has 7 nitrogen and oxygen atoms in total. The van der Waals surface area contributed by atoms with E-state index in [0.717, 1.165) is 16.5 Å². The molecule has 1 aromatic heterocycles. The first-order valence-corrected chi connectivity index (χ1v) is 9.90. The molecule has 3 aromatic rings. The van der Waals surface area contributed by atoms with E-state index in [1.54, 1.807) is 23.9 Å². The minimum absolute atomic E-state index is 0.00313. The predicted molar refractivity (Wildman–Crippen MR) is 119 cm³/mol. The normalized spacial score (nSPS) is 11.2. The van der Waals surface area contributed by atoms with Crippen molar-refractivity contribution in [3.05, 3.63) is 77.5 Å². The number of amides is 2. The topological polar surface area (TPSA) is 96.2 Å². The molecule has 2 amide bonds. The molecule has 0 spiro atoms. The van der Waals surface area contributed by atoms with E-state index in [1.807, 2.05) is 60.7 Å². The third-order valence-corrected chi connectivity index (χ3v) is 4.72. The van der Waals surface area contributed by atoms with Crippen LogP contribution in [0.5, 0.6) is 0 Å². The number of nitrogens with one attached hydrogen (secondary N) is 2. The van der Waals surface area contributed by atoms with Gasteiger partial charge in [-0.25, -0.2) is 0 Å². The molecule has 2 aromatic carbocycles. The number of hydrogen-bond acceptors (Lipinski definition) is 4. The lowest BCUT2D eigenvalue weighted by atomic mass is 10.1. The fourth-order valence-electron chi connectivity index (χ4n) is 3.20. The molecule has 0 fully saturated rings. The highest BCUT2D eigenvalue weighted by molar-refractivity contribution is 6.04. The fraction of sp³-hybridized carbons (Fsp3) is 0.208. The first-order chi connectivity index (χ1) is 15.1. The van der Waals surface area contributed by atoms with Crippen LogP contribution in [0.1, 0.15) is 11.1 Å². The Morgan fingerprint density at radius 2 is 1.84 bits per heavy atom. The minimum atomic E-state index is -0.444. The van der Waals surface area contributed by atoms with Gasteiger partial charge in [-0.3, -0.25) is 9.59 Å². The summed E-state index contributed by atoms with van der Waals surface area (Å²) in [6.07, 6.45) is 3.34. The fourth-order valence-corrected chi connectivity index (χ4v) is 3.20. The summed E-state index contributed by atoms with van der Waals surface area (Å²) in [6, 6.07) is 19.0. The zero-order valence-corrected chi connectivity index (χ0v) is 17.3. The molecule has 0 bridgehead atoms. The Hall–Kier alpha value is -3.89. The predicted octanol–water partition coefficient (Wildman–Crippen LogP) is 2.63. The number of fused-ring (bicyclic) bond motifs is 1. The molecular formula is C24H24N4O3. The lowest BCUT2D eigenvalue weighted by Crippen LogP contribution is -2.30. The van der Waals surface area contributed by atoms with Crippen molar-refractivity contribution in [3.8, 4) is 6.07 Å². The number of para-hydroxylation sites is 1. The van der Waals surface area contributed by atoms with Crippen LogP contribution in [0, 0.1) is 11.3 Å². The van der Waals surface area contributed by atoms with Gasteiger partial charge >= 0.3 is 0 Å². The second-order valence-corrected chi connectivity index (χ2v) is 6.91. The van der Waals surface area contributed by atoms with Crippen LogP contribution >= 0.6 is 0 Å². The zero-order valence-electron chi connectivity index (χ0n) is 17.3. The maximum Gasteiger partial charge on any atom is 0.262 e. The molecule has 0 atom stereocenters. The number of hydrogen-bond donors (Lipinski definition) is 2. The minimum Gasteiger partial charge on any atom is -0.383 e. The average molecular weight is 416 g/mol. The standard InChI is InChI=1S/C24H24N4O3/c1-31-12-11-26-23(29)17-28-16-20(21-9-5-6-10-22(21)28)13-19(14-25)24(30)27-15-18-7-3-2-4-8-18/h2-10,13,16H,11-12,15,17H2,1H3,(H,26,29)(H,27,30). The van der Waals surface area contributed by atoms with Gasteiger partial charge in [-0.15, -0.1) is 0 Å². The second kappa shape index (κ2) is 10.8. The van der Waals surface area contributed by atoms with E-state index in [2.05, 4.69) is 10.6 Å². The van der Waals surface area contributed by atoms with Crippen LogP contribution in [0.4, 0.5) is 0 Å². The average Bonchev–Trinajstić information content (AvgIpc) is 3.13. The van der Waals surface area contributed by atoms with Crippen molar-refractivity contribution < 1.29 is 14.3 Å². The Morgan fingerprint density at radius 1 is 1.10 bits per heavy atom. The summed E-state index contributed by atoms with van der Waals surface area (Å²) < 4.78 is 6.75. The smallest absolute Gasteiger partial charge is 0.262 e. The molecule has 7 heteroatoms. The summed E-state index contributed by atoms with van der Waals surface area (Å²) in [6.45, 7) is 1.33. The molecule has 0 saturated heterocycles. The molecule has 158 valence electrons. The molecule has 0 aliphatic heterocycles. The zero-order chi connectivity index (χ0) is 22.1. The summed E-state index contributed by atoms with van der Waals surface area (Å²) in [5.74, 6) is -0.588. The molecule has 0 unspecified atom stereocenters. The van der Waals surface area contributed by atoms with Crippen LogP contribution in [-0.4, -0.2) is 36.6 Å². The van der Waals surface area contributed by atoms with Gasteiger partial charge in [0.25, 0.3) is 5.91 Å². The highest BCUT2D eigenvalue weighted by Gasteiger charge is 2.13. The van der Waals surface area contributed by atoms with Crippen LogP contribution in [0.15, 0.2) is 66.4 Å². The van der Waals surface area contributed by atoms with Gasteiger partial charge in [-0.1, -0.05) is 48.5 Å². The van der Waals surface area contributed by atoms with Crippen molar-refractivity contribution in [2.75, 3.05) is 20.3 Å². The van der Waals surface area contributed by atoms with Crippen molar-refractivity contribution in [1.29, 1.82) is 5.26 Å². The molecular weight excluding hydrogens is 392 g/mol. The third-order valence-electron chi connectivity index (χ3n) is 4.72. The second-order valence-electron chi connectivity index (χ2n) is 6.91. The van der Waals surface area contributed by atoms with E-state index < -0.39 is 5.91 Å². The first kappa shape index (κ1) is 21.8.